The minimum absolute atomic E-state index is 0.00828. The van der Waals surface area contributed by atoms with E-state index in [1.54, 1.807) is 11.8 Å². The Morgan fingerprint density at radius 2 is 1.94 bits per heavy atom. The molecule has 0 aromatic carbocycles. The van der Waals surface area contributed by atoms with E-state index < -0.39 is 23.0 Å². The number of carbonyl (C=O) groups excluding carboxylic acids is 2. The van der Waals surface area contributed by atoms with E-state index in [0.717, 1.165) is 44.6 Å². The molecule has 0 aromatic heterocycles. The fraction of sp³-hybridized carbons (Fsp3) is 0.857. The van der Waals surface area contributed by atoms with Gasteiger partial charge in [0.2, 0.25) is 0 Å². The van der Waals surface area contributed by atoms with Crippen molar-refractivity contribution in [3.05, 3.63) is 12.7 Å². The molecule has 8 atom stereocenters. The summed E-state index contributed by atoms with van der Waals surface area (Å²) in [7, 11) is 0. The molecule has 5 nitrogen and oxygen atoms in total. The van der Waals surface area contributed by atoms with Crippen molar-refractivity contribution >= 4 is 23.5 Å². The van der Waals surface area contributed by atoms with E-state index in [0.29, 0.717) is 24.4 Å². The highest BCUT2D eigenvalue weighted by Crippen LogP contribution is 2.67. The SMILES string of the molecule is C=C[C@]1(C)C[C@@H](OC(=O)CSCCN(CC)CC)C2(C)[C@H](C)CCC3(CCC(=O)[C@H]32)[C@@H](C)[C@@H]1O. The lowest BCUT2D eigenvalue weighted by Crippen LogP contribution is -2.63. The molecule has 6 heteroatoms. The van der Waals surface area contributed by atoms with Crippen molar-refractivity contribution in [2.75, 3.05) is 31.1 Å². The van der Waals surface area contributed by atoms with Gasteiger partial charge in [0.25, 0.3) is 0 Å². The fourth-order valence-electron chi connectivity index (χ4n) is 7.58. The third-order valence-corrected chi connectivity index (χ3v) is 11.2. The molecule has 0 aliphatic heterocycles. The van der Waals surface area contributed by atoms with Gasteiger partial charge in [-0.25, -0.2) is 0 Å². The van der Waals surface area contributed by atoms with Crippen LogP contribution in [0.25, 0.3) is 0 Å². The second-order valence-corrected chi connectivity index (χ2v) is 12.7. The second kappa shape index (κ2) is 10.6. The number of ether oxygens (including phenoxy) is 1. The van der Waals surface area contributed by atoms with Crippen LogP contribution in [0.2, 0.25) is 0 Å². The third kappa shape index (κ3) is 4.64. The maximum Gasteiger partial charge on any atom is 0.316 e. The van der Waals surface area contributed by atoms with E-state index in [4.69, 9.17) is 4.74 Å². The second-order valence-electron chi connectivity index (χ2n) is 11.6. The molecular weight excluding hydrogens is 446 g/mol. The highest BCUT2D eigenvalue weighted by molar-refractivity contribution is 7.99. The van der Waals surface area contributed by atoms with Gasteiger partial charge in [-0.15, -0.1) is 18.3 Å². The topological polar surface area (TPSA) is 66.8 Å². The average Bonchev–Trinajstić information content (AvgIpc) is 3.17. The summed E-state index contributed by atoms with van der Waals surface area (Å²) in [5.74, 6) is 1.37. The Morgan fingerprint density at radius 1 is 1.26 bits per heavy atom. The van der Waals surface area contributed by atoms with Crippen LogP contribution in [-0.4, -0.2) is 65.1 Å². The van der Waals surface area contributed by atoms with Gasteiger partial charge in [0.05, 0.1) is 11.9 Å². The predicted octanol–water partition coefficient (Wildman–Crippen LogP) is 4.97. The number of ketones is 1. The number of Topliss-reactive ketones (excluding diaryl/α,β-unsaturated/α-hetero) is 1. The zero-order valence-corrected chi connectivity index (χ0v) is 23.1. The normalized spacial score (nSPS) is 42.1. The van der Waals surface area contributed by atoms with E-state index in [2.05, 4.69) is 46.1 Å². The Balaban J connectivity index is 1.88. The molecule has 0 spiro atoms. The van der Waals surface area contributed by atoms with Crippen LogP contribution in [0.4, 0.5) is 0 Å². The van der Waals surface area contributed by atoms with E-state index in [9.17, 15) is 14.7 Å². The number of nitrogens with zero attached hydrogens (tertiary/aromatic N) is 1. The summed E-state index contributed by atoms with van der Waals surface area (Å²) in [4.78, 5) is 28.9. The molecule has 1 N–H and O–H groups in total. The Labute approximate surface area is 211 Å². The summed E-state index contributed by atoms with van der Waals surface area (Å²) in [5.41, 5.74) is -1.25. The van der Waals surface area contributed by atoms with E-state index in [1.165, 1.54) is 0 Å². The van der Waals surface area contributed by atoms with Crippen molar-refractivity contribution in [2.24, 2.45) is 34.0 Å². The highest BCUT2D eigenvalue weighted by atomic mass is 32.2. The first kappa shape index (κ1) is 27.7. The molecule has 3 rings (SSSR count). The minimum atomic E-state index is -0.624. The largest absolute Gasteiger partial charge is 0.461 e. The fourth-order valence-corrected chi connectivity index (χ4v) is 8.35. The van der Waals surface area contributed by atoms with Crippen molar-refractivity contribution in [2.45, 2.75) is 85.9 Å². The molecule has 0 heterocycles. The van der Waals surface area contributed by atoms with Crippen molar-refractivity contribution < 1.29 is 19.4 Å². The van der Waals surface area contributed by atoms with Crippen LogP contribution in [0.15, 0.2) is 12.7 Å². The number of aliphatic hydroxyl groups excluding tert-OH is 1. The molecule has 3 aliphatic carbocycles. The van der Waals surface area contributed by atoms with Crippen LogP contribution in [0.3, 0.4) is 0 Å². The Bertz CT molecular complexity index is 770. The van der Waals surface area contributed by atoms with Crippen LogP contribution < -0.4 is 0 Å². The molecule has 3 fully saturated rings. The predicted molar refractivity (Wildman–Crippen MR) is 140 cm³/mol. The van der Waals surface area contributed by atoms with Crippen LogP contribution in [0.1, 0.15) is 73.6 Å². The summed E-state index contributed by atoms with van der Waals surface area (Å²) >= 11 is 1.61. The number of thioether (sulfide) groups is 1. The van der Waals surface area contributed by atoms with Crippen LogP contribution in [0, 0.1) is 34.0 Å². The number of rotatable bonds is 9. The molecule has 0 radical (unpaired) electrons. The Morgan fingerprint density at radius 3 is 2.56 bits per heavy atom. The van der Waals surface area contributed by atoms with Gasteiger partial charge >= 0.3 is 5.97 Å². The van der Waals surface area contributed by atoms with Gasteiger partial charge in [0, 0.05) is 35.5 Å². The van der Waals surface area contributed by atoms with Crippen molar-refractivity contribution in [1.29, 1.82) is 0 Å². The molecule has 0 aromatic rings. The Kier molecular flexibility index (Phi) is 8.68. The van der Waals surface area contributed by atoms with Gasteiger partial charge in [-0.1, -0.05) is 47.6 Å². The minimum Gasteiger partial charge on any atom is -0.461 e. The van der Waals surface area contributed by atoms with E-state index in [1.807, 2.05) is 13.0 Å². The smallest absolute Gasteiger partial charge is 0.316 e. The lowest BCUT2D eigenvalue weighted by atomic mass is 9.44. The summed E-state index contributed by atoms with van der Waals surface area (Å²) in [6.45, 7) is 20.0. The molecular formula is C28H47NO4S. The monoisotopic (exact) mass is 493 g/mol. The summed E-state index contributed by atoms with van der Waals surface area (Å²) < 4.78 is 6.30. The molecule has 3 aliphatic rings. The van der Waals surface area contributed by atoms with Gasteiger partial charge in [0.15, 0.2) is 0 Å². The zero-order valence-electron chi connectivity index (χ0n) is 22.3. The Hall–Kier alpha value is -0.850. The first-order valence-corrected chi connectivity index (χ1v) is 14.5. The molecule has 2 bridgehead atoms. The average molecular weight is 494 g/mol. The number of esters is 1. The quantitative estimate of drug-likeness (QED) is 0.278. The summed E-state index contributed by atoms with van der Waals surface area (Å²) in [5, 5.41) is 11.6. The van der Waals surface area contributed by atoms with E-state index in [-0.39, 0.29) is 29.1 Å². The van der Waals surface area contributed by atoms with Crippen molar-refractivity contribution in [1.82, 2.24) is 4.90 Å². The van der Waals surface area contributed by atoms with Gasteiger partial charge in [-0.05, 0) is 56.0 Å². The molecule has 0 saturated heterocycles. The molecule has 0 amide bonds. The van der Waals surface area contributed by atoms with Crippen LogP contribution in [0.5, 0.6) is 0 Å². The number of hydrogen-bond donors (Lipinski definition) is 1. The number of hydrogen-bond acceptors (Lipinski definition) is 6. The van der Waals surface area contributed by atoms with E-state index >= 15 is 0 Å². The zero-order chi connectivity index (χ0) is 25.3. The number of aliphatic hydroxyl groups is 1. The lowest BCUT2D eigenvalue weighted by Gasteiger charge is -2.61. The van der Waals surface area contributed by atoms with Gasteiger partial charge in [0.1, 0.15) is 11.9 Å². The van der Waals surface area contributed by atoms with Crippen LogP contribution >= 0.6 is 11.8 Å². The first-order chi connectivity index (χ1) is 16.0. The summed E-state index contributed by atoms with van der Waals surface area (Å²) in [6, 6.07) is 0. The van der Waals surface area contributed by atoms with Gasteiger partial charge in [-0.2, -0.15) is 0 Å². The van der Waals surface area contributed by atoms with Crippen LogP contribution in [-0.2, 0) is 14.3 Å². The maximum atomic E-state index is 13.4. The first-order valence-electron chi connectivity index (χ1n) is 13.3. The lowest BCUT2D eigenvalue weighted by molar-refractivity contribution is -0.205. The summed E-state index contributed by atoms with van der Waals surface area (Å²) in [6.07, 6.45) is 4.64. The molecule has 2 unspecified atom stereocenters. The molecule has 3 saturated carbocycles. The van der Waals surface area contributed by atoms with Crippen molar-refractivity contribution in [3.8, 4) is 0 Å². The van der Waals surface area contributed by atoms with Crippen molar-refractivity contribution in [3.63, 3.8) is 0 Å². The molecule has 194 valence electrons. The highest BCUT2D eigenvalue weighted by Gasteiger charge is 2.68. The standard InChI is InChI=1S/C28H47NO4S/c1-8-26(6)17-22(33-23(31)18-34-16-15-29(9-2)10-3)27(7)19(4)11-13-28(20(5)25(26)32)14-12-21(30)24(27)28/h8,19-20,22,24-25,32H,1,9-18H2,2-7H3/t19-,20+,22-,24+,25+,26-,27?,28?/m1/s1. The van der Waals surface area contributed by atoms with Gasteiger partial charge < -0.3 is 14.7 Å². The molecule has 34 heavy (non-hydrogen) atoms. The van der Waals surface area contributed by atoms with Gasteiger partial charge in [-0.3, -0.25) is 9.59 Å². The maximum absolute atomic E-state index is 13.4. The number of carbonyl (C=O) groups is 2. The third-order valence-electron chi connectivity index (χ3n) is 10.2.